The first kappa shape index (κ1) is 15.5. The standard InChI is InChI=1S/C13H16N3O4S/c1-10-6-8-11(9-7-10)21(19,20)15-14-12-4-2-3-5-13(12)16(17)18/h6-9,14H,2-5H2,1H3/q-1. The zero-order chi connectivity index (χ0) is 15.5. The van der Waals surface area contributed by atoms with Crippen LogP contribution in [0, 0.1) is 17.0 Å². The second-order valence-corrected chi connectivity index (χ2v) is 6.48. The number of nitrogens with one attached hydrogen (secondary N) is 1. The lowest BCUT2D eigenvalue weighted by molar-refractivity contribution is -0.430. The van der Waals surface area contributed by atoms with Gasteiger partial charge < -0.3 is 10.3 Å². The second-order valence-electron chi connectivity index (χ2n) is 4.88. The molecule has 0 radical (unpaired) electrons. The molecule has 0 aromatic heterocycles. The number of hydrogen-bond acceptors (Lipinski definition) is 5. The Morgan fingerprint density at radius 3 is 2.43 bits per heavy atom. The fourth-order valence-electron chi connectivity index (χ4n) is 2.09. The van der Waals surface area contributed by atoms with Gasteiger partial charge in [-0.25, -0.2) is 8.42 Å². The van der Waals surface area contributed by atoms with Gasteiger partial charge in [0.15, 0.2) is 0 Å². The molecule has 8 heteroatoms. The zero-order valence-corrected chi connectivity index (χ0v) is 12.4. The molecular weight excluding hydrogens is 294 g/mol. The van der Waals surface area contributed by atoms with Gasteiger partial charge in [0.1, 0.15) is 10.0 Å². The minimum Gasteiger partial charge on any atom is -0.470 e. The van der Waals surface area contributed by atoms with Crippen LogP contribution < -0.4 is 5.43 Å². The average Bonchev–Trinajstić information content (AvgIpc) is 2.46. The number of nitro groups is 1. The molecule has 7 nitrogen and oxygen atoms in total. The van der Waals surface area contributed by atoms with Crippen LogP contribution in [0.25, 0.3) is 4.83 Å². The molecule has 21 heavy (non-hydrogen) atoms. The molecule has 1 N–H and O–H groups in total. The highest BCUT2D eigenvalue weighted by Crippen LogP contribution is 2.25. The van der Waals surface area contributed by atoms with Crippen molar-refractivity contribution >= 4 is 10.0 Å². The monoisotopic (exact) mass is 310 g/mol. The molecule has 0 saturated carbocycles. The molecule has 0 fully saturated rings. The summed E-state index contributed by atoms with van der Waals surface area (Å²) in [7, 11) is -3.87. The molecule has 0 heterocycles. The summed E-state index contributed by atoms with van der Waals surface area (Å²) in [6, 6.07) is 6.26. The van der Waals surface area contributed by atoms with Gasteiger partial charge in [-0.3, -0.25) is 10.1 Å². The summed E-state index contributed by atoms with van der Waals surface area (Å²) in [4.78, 5) is 14.0. The van der Waals surface area contributed by atoms with Gasteiger partial charge in [0.2, 0.25) is 0 Å². The molecule has 0 amide bonds. The Morgan fingerprint density at radius 2 is 1.81 bits per heavy atom. The van der Waals surface area contributed by atoms with E-state index in [-0.39, 0.29) is 16.3 Å². The SMILES string of the molecule is Cc1ccc(S(=O)(=O)[N-]NC2=C([N+](=O)[O-])CCCC2)cc1. The third-order valence-electron chi connectivity index (χ3n) is 3.28. The average molecular weight is 310 g/mol. The molecule has 0 unspecified atom stereocenters. The second kappa shape index (κ2) is 6.23. The molecule has 1 aromatic rings. The van der Waals surface area contributed by atoms with E-state index in [1.165, 1.54) is 12.1 Å². The maximum absolute atomic E-state index is 12.0. The molecule has 0 spiro atoms. The van der Waals surface area contributed by atoms with Gasteiger partial charge in [-0.1, -0.05) is 17.7 Å². The highest BCUT2D eigenvalue weighted by atomic mass is 32.2. The van der Waals surface area contributed by atoms with Crippen molar-refractivity contribution in [1.29, 1.82) is 0 Å². The third kappa shape index (κ3) is 3.79. The van der Waals surface area contributed by atoms with E-state index in [9.17, 15) is 18.5 Å². The Bertz CT molecular complexity index is 665. The lowest BCUT2D eigenvalue weighted by Crippen LogP contribution is -2.20. The van der Waals surface area contributed by atoms with Crippen LogP contribution in [0.2, 0.25) is 0 Å². The van der Waals surface area contributed by atoms with E-state index < -0.39 is 14.9 Å². The van der Waals surface area contributed by atoms with Crippen molar-refractivity contribution in [3.8, 4) is 0 Å². The predicted molar refractivity (Wildman–Crippen MR) is 77.3 cm³/mol. The molecule has 1 aliphatic rings. The van der Waals surface area contributed by atoms with Gasteiger partial charge >= 0.3 is 0 Å². The molecule has 0 atom stereocenters. The molecule has 0 bridgehead atoms. The van der Waals surface area contributed by atoms with E-state index in [0.717, 1.165) is 18.4 Å². The van der Waals surface area contributed by atoms with Crippen molar-refractivity contribution in [2.24, 2.45) is 0 Å². The number of nitrogens with zero attached hydrogens (tertiary/aromatic N) is 2. The Kier molecular flexibility index (Phi) is 4.59. The Morgan fingerprint density at radius 1 is 1.19 bits per heavy atom. The first-order chi connectivity index (χ1) is 9.90. The summed E-state index contributed by atoms with van der Waals surface area (Å²) in [5.41, 5.74) is 3.62. The van der Waals surface area contributed by atoms with Crippen molar-refractivity contribution in [3.05, 3.63) is 56.2 Å². The first-order valence-electron chi connectivity index (χ1n) is 6.56. The summed E-state index contributed by atoms with van der Waals surface area (Å²) in [5, 5.41) is 10.9. The van der Waals surface area contributed by atoms with Crippen LogP contribution >= 0.6 is 0 Å². The van der Waals surface area contributed by atoms with E-state index in [2.05, 4.69) is 10.3 Å². The van der Waals surface area contributed by atoms with E-state index in [1.54, 1.807) is 12.1 Å². The molecule has 1 aliphatic carbocycles. The molecule has 0 aliphatic heterocycles. The topological polar surface area (TPSA) is 103 Å². The summed E-state index contributed by atoms with van der Waals surface area (Å²) in [6.45, 7) is 1.85. The van der Waals surface area contributed by atoms with E-state index in [0.29, 0.717) is 12.8 Å². The van der Waals surface area contributed by atoms with Crippen molar-refractivity contribution in [1.82, 2.24) is 5.43 Å². The fraction of sp³-hybridized carbons (Fsp3) is 0.385. The first-order valence-corrected chi connectivity index (χ1v) is 8.00. The Hall–Kier alpha value is -1.93. The minimum absolute atomic E-state index is 0.0177. The van der Waals surface area contributed by atoms with E-state index in [1.807, 2.05) is 6.92 Å². The molecular formula is C13H16N3O4S-. The van der Waals surface area contributed by atoms with Crippen molar-refractivity contribution < 1.29 is 13.3 Å². The summed E-state index contributed by atoms with van der Waals surface area (Å²) in [5.74, 6) is 0. The number of aryl methyl sites for hydroxylation is 1. The number of rotatable bonds is 5. The van der Waals surface area contributed by atoms with Gasteiger partial charge in [-0.2, -0.15) is 0 Å². The number of hydrogen-bond donors (Lipinski definition) is 1. The normalized spacial score (nSPS) is 15.9. The van der Waals surface area contributed by atoms with Gasteiger partial charge in [0.25, 0.3) is 5.70 Å². The highest BCUT2D eigenvalue weighted by Gasteiger charge is 2.20. The Balaban J connectivity index is 2.14. The quantitative estimate of drug-likeness (QED) is 0.665. The third-order valence-corrected chi connectivity index (χ3v) is 4.48. The van der Waals surface area contributed by atoms with Crippen LogP contribution in [-0.4, -0.2) is 13.3 Å². The Labute approximate surface area is 123 Å². The van der Waals surface area contributed by atoms with Crippen LogP contribution in [0.15, 0.2) is 40.6 Å². The van der Waals surface area contributed by atoms with Crippen molar-refractivity contribution in [2.75, 3.05) is 0 Å². The molecule has 0 saturated heterocycles. The molecule has 114 valence electrons. The fourth-order valence-corrected chi connectivity index (χ4v) is 2.91. The largest absolute Gasteiger partial charge is 0.470 e. The lowest BCUT2D eigenvalue weighted by atomic mass is 10.0. The number of sulfonamides is 1. The van der Waals surface area contributed by atoms with Gasteiger partial charge in [-0.05, 0) is 38.3 Å². The zero-order valence-electron chi connectivity index (χ0n) is 11.6. The summed E-state index contributed by atoms with van der Waals surface area (Å²) >= 11 is 0. The van der Waals surface area contributed by atoms with Crippen molar-refractivity contribution in [3.63, 3.8) is 0 Å². The van der Waals surface area contributed by atoms with Crippen LogP contribution in [0.3, 0.4) is 0 Å². The number of benzene rings is 1. The van der Waals surface area contributed by atoms with Crippen LogP contribution in [0.5, 0.6) is 0 Å². The van der Waals surface area contributed by atoms with E-state index in [4.69, 9.17) is 0 Å². The maximum atomic E-state index is 12.0. The number of allylic oxidation sites excluding steroid dienone is 2. The minimum atomic E-state index is -3.87. The maximum Gasteiger partial charge on any atom is 0.263 e. The molecule has 1 aromatic carbocycles. The van der Waals surface area contributed by atoms with Gasteiger partial charge in [-0.15, -0.1) is 0 Å². The molecule has 2 rings (SSSR count). The van der Waals surface area contributed by atoms with Gasteiger partial charge in [0, 0.05) is 11.3 Å². The van der Waals surface area contributed by atoms with E-state index >= 15 is 0 Å². The summed E-state index contributed by atoms with van der Waals surface area (Å²) < 4.78 is 24.1. The van der Waals surface area contributed by atoms with Gasteiger partial charge in [0.05, 0.1) is 10.6 Å². The summed E-state index contributed by atoms with van der Waals surface area (Å²) in [6.07, 6.45) is 2.27. The lowest BCUT2D eigenvalue weighted by Gasteiger charge is -2.26. The van der Waals surface area contributed by atoms with Crippen LogP contribution in [0.1, 0.15) is 31.2 Å². The smallest absolute Gasteiger partial charge is 0.263 e. The van der Waals surface area contributed by atoms with Crippen LogP contribution in [-0.2, 0) is 10.0 Å². The van der Waals surface area contributed by atoms with Crippen LogP contribution in [0.4, 0.5) is 0 Å². The van der Waals surface area contributed by atoms with Crippen molar-refractivity contribution in [2.45, 2.75) is 37.5 Å². The highest BCUT2D eigenvalue weighted by molar-refractivity contribution is 7.93. The predicted octanol–water partition coefficient (Wildman–Crippen LogP) is 2.62.